The van der Waals surface area contributed by atoms with Crippen molar-refractivity contribution in [2.75, 3.05) is 45.2 Å². The minimum Gasteiger partial charge on any atom is -0.497 e. The number of benzene rings is 2. The molecule has 1 fully saturated rings. The molecule has 0 unspecified atom stereocenters. The lowest BCUT2D eigenvalue weighted by Crippen LogP contribution is -2.50. The van der Waals surface area contributed by atoms with E-state index in [2.05, 4.69) is 10.0 Å². The van der Waals surface area contributed by atoms with Crippen LogP contribution in [0.25, 0.3) is 0 Å². The van der Waals surface area contributed by atoms with Gasteiger partial charge in [-0.15, -0.1) is 0 Å². The van der Waals surface area contributed by atoms with E-state index in [0.29, 0.717) is 31.1 Å². The van der Waals surface area contributed by atoms with Crippen LogP contribution in [0.2, 0.25) is 0 Å². The van der Waals surface area contributed by atoms with E-state index < -0.39 is 22.0 Å². The molecule has 1 aliphatic carbocycles. The first-order valence-corrected chi connectivity index (χ1v) is 18.9. The van der Waals surface area contributed by atoms with Crippen LogP contribution in [0.15, 0.2) is 47.4 Å². The lowest BCUT2D eigenvalue weighted by Gasteiger charge is -2.36. The van der Waals surface area contributed by atoms with E-state index in [4.69, 9.17) is 14.2 Å². The number of carbonyl (C=O) groups excluding carboxylic acids is 2. The number of hydrogen-bond acceptors (Lipinski definition) is 8. The zero-order valence-corrected chi connectivity index (χ0v) is 30.3. The lowest BCUT2D eigenvalue weighted by atomic mass is 9.96. The summed E-state index contributed by atoms with van der Waals surface area (Å²) in [7, 11) is -0.718. The van der Waals surface area contributed by atoms with E-state index in [1.165, 1.54) is 31.7 Å². The van der Waals surface area contributed by atoms with Gasteiger partial charge in [-0.25, -0.2) is 13.2 Å². The smallest absolute Gasteiger partial charge is 0.317 e. The third-order valence-corrected chi connectivity index (χ3v) is 10.8. The number of nitrogens with one attached hydrogen (secondary N) is 2. The molecule has 0 radical (unpaired) electrons. The number of urea groups is 1. The Hall–Kier alpha value is -3.55. The Morgan fingerprint density at radius 3 is 2.43 bits per heavy atom. The number of carbonyl (C=O) groups is 2. The van der Waals surface area contributed by atoms with Crippen LogP contribution in [0.3, 0.4) is 0 Å². The third-order valence-electron chi connectivity index (χ3n) is 9.41. The van der Waals surface area contributed by atoms with Gasteiger partial charge in [0.15, 0.2) is 0 Å². The van der Waals surface area contributed by atoms with Crippen LogP contribution < -0.4 is 19.5 Å². The van der Waals surface area contributed by atoms with Gasteiger partial charge in [-0.05, 0) is 88.4 Å². The molecule has 13 heteroatoms. The molecule has 0 saturated heterocycles. The van der Waals surface area contributed by atoms with Crippen LogP contribution in [0.5, 0.6) is 11.5 Å². The maximum Gasteiger partial charge on any atom is 0.317 e. The van der Waals surface area contributed by atoms with Gasteiger partial charge in [0, 0.05) is 44.4 Å². The standard InChI is InChI=1S/C36H54N4O8S/c1-25-22-40(26(2)24-41)35(42)32-21-29(38-49(44,45)31-17-15-30(46-5)16-18-31)14-19-33(32)48-27(3)11-9-10-20-47-34(25)23-39(4)36(43)37-28-12-7-6-8-13-28/h14-19,21,25-28,34,38,41H,6-13,20,22-24H2,1-5H3,(H,37,43)/t25-,26+,27-,34+/m0/s1. The fourth-order valence-electron chi connectivity index (χ4n) is 6.30. The predicted octanol–water partition coefficient (Wildman–Crippen LogP) is 5.27. The first-order valence-electron chi connectivity index (χ1n) is 17.4. The van der Waals surface area contributed by atoms with Crippen molar-refractivity contribution < 1.29 is 37.3 Å². The summed E-state index contributed by atoms with van der Waals surface area (Å²) in [5.74, 6) is 0.222. The second-order valence-electron chi connectivity index (χ2n) is 13.5. The highest BCUT2D eigenvalue weighted by molar-refractivity contribution is 7.92. The molecule has 2 aromatic rings. The number of likely N-dealkylation sites (N-methyl/N-ethyl adjacent to an activating group) is 1. The first-order chi connectivity index (χ1) is 23.4. The summed E-state index contributed by atoms with van der Waals surface area (Å²) in [5.41, 5.74) is 0.365. The number of ether oxygens (including phenoxy) is 3. The minimum absolute atomic E-state index is 0.0392. The van der Waals surface area contributed by atoms with Crippen molar-refractivity contribution in [1.29, 1.82) is 0 Å². The number of rotatable bonds is 9. The van der Waals surface area contributed by atoms with Gasteiger partial charge in [-0.1, -0.05) is 26.2 Å². The molecule has 1 heterocycles. The van der Waals surface area contributed by atoms with Crippen LogP contribution in [-0.4, -0.2) is 100 Å². The Labute approximate surface area is 291 Å². The van der Waals surface area contributed by atoms with Crippen molar-refractivity contribution in [3.8, 4) is 11.5 Å². The fraction of sp³-hybridized carbons (Fsp3) is 0.611. The Balaban J connectivity index is 1.61. The monoisotopic (exact) mass is 702 g/mol. The molecule has 272 valence electrons. The Bertz CT molecular complexity index is 1480. The van der Waals surface area contributed by atoms with Gasteiger partial charge in [-0.2, -0.15) is 0 Å². The molecule has 3 N–H and O–H groups in total. The van der Waals surface area contributed by atoms with Gasteiger partial charge < -0.3 is 34.4 Å². The van der Waals surface area contributed by atoms with Gasteiger partial charge in [0.05, 0.1) is 42.4 Å². The molecule has 1 saturated carbocycles. The van der Waals surface area contributed by atoms with E-state index in [1.54, 1.807) is 48.0 Å². The highest BCUT2D eigenvalue weighted by Crippen LogP contribution is 2.30. The molecule has 4 rings (SSSR count). The lowest BCUT2D eigenvalue weighted by molar-refractivity contribution is -0.0123. The topological polar surface area (TPSA) is 147 Å². The minimum atomic E-state index is -3.99. The fourth-order valence-corrected chi connectivity index (χ4v) is 7.35. The third kappa shape index (κ3) is 10.7. The second-order valence-corrected chi connectivity index (χ2v) is 15.1. The molecular formula is C36H54N4O8S. The van der Waals surface area contributed by atoms with Gasteiger partial charge in [0.2, 0.25) is 0 Å². The molecule has 0 spiro atoms. The SMILES string of the molecule is COc1ccc(S(=O)(=O)Nc2ccc3c(c2)C(=O)N([C@H](C)CO)C[C@H](C)[C@@H](CN(C)C(=O)NC2CCCCC2)OCCCC[C@H](C)O3)cc1. The number of aliphatic hydroxyl groups excluding tert-OH is 1. The molecular weight excluding hydrogens is 648 g/mol. The average Bonchev–Trinajstić information content (AvgIpc) is 3.09. The summed E-state index contributed by atoms with van der Waals surface area (Å²) in [6.45, 7) is 6.43. The number of amides is 3. The Morgan fingerprint density at radius 1 is 1.06 bits per heavy atom. The number of hydrogen-bond donors (Lipinski definition) is 3. The normalized spacial score (nSPS) is 22.2. The summed E-state index contributed by atoms with van der Waals surface area (Å²) >= 11 is 0. The number of aliphatic hydroxyl groups is 1. The second kappa shape index (κ2) is 17.9. The molecule has 0 bridgehead atoms. The van der Waals surface area contributed by atoms with Crippen LogP contribution >= 0.6 is 0 Å². The number of anilines is 1. The Morgan fingerprint density at radius 2 is 1.76 bits per heavy atom. The van der Waals surface area contributed by atoms with Crippen LogP contribution in [0.4, 0.5) is 10.5 Å². The summed E-state index contributed by atoms with van der Waals surface area (Å²) in [4.78, 5) is 30.8. The summed E-state index contributed by atoms with van der Waals surface area (Å²) < 4.78 is 46.9. The number of nitrogens with zero attached hydrogens (tertiary/aromatic N) is 2. The van der Waals surface area contributed by atoms with E-state index in [9.17, 15) is 23.1 Å². The van der Waals surface area contributed by atoms with Crippen molar-refractivity contribution in [3.05, 3.63) is 48.0 Å². The predicted molar refractivity (Wildman–Crippen MR) is 189 cm³/mol. The molecule has 2 aliphatic rings. The van der Waals surface area contributed by atoms with Crippen molar-refractivity contribution in [2.45, 2.75) is 101 Å². The largest absolute Gasteiger partial charge is 0.497 e. The number of methoxy groups -OCH3 is 1. The van der Waals surface area contributed by atoms with E-state index >= 15 is 0 Å². The van der Waals surface area contributed by atoms with Crippen LogP contribution in [0, 0.1) is 5.92 Å². The maximum atomic E-state index is 14.4. The molecule has 1 aliphatic heterocycles. The highest BCUT2D eigenvalue weighted by atomic mass is 32.2. The van der Waals surface area contributed by atoms with Crippen molar-refractivity contribution in [2.24, 2.45) is 5.92 Å². The molecule has 12 nitrogen and oxygen atoms in total. The maximum absolute atomic E-state index is 14.4. The zero-order valence-electron chi connectivity index (χ0n) is 29.5. The van der Waals surface area contributed by atoms with Crippen molar-refractivity contribution >= 4 is 27.6 Å². The summed E-state index contributed by atoms with van der Waals surface area (Å²) in [6, 6.07) is 10.1. The van der Waals surface area contributed by atoms with Crippen molar-refractivity contribution in [1.82, 2.24) is 15.1 Å². The van der Waals surface area contributed by atoms with Crippen LogP contribution in [-0.2, 0) is 14.8 Å². The van der Waals surface area contributed by atoms with Gasteiger partial charge in [-0.3, -0.25) is 9.52 Å². The molecule has 2 aromatic carbocycles. The highest BCUT2D eigenvalue weighted by Gasteiger charge is 2.31. The molecule has 49 heavy (non-hydrogen) atoms. The molecule has 0 aromatic heterocycles. The number of sulfonamides is 1. The van der Waals surface area contributed by atoms with Gasteiger partial charge in [0.1, 0.15) is 11.5 Å². The summed E-state index contributed by atoms with van der Waals surface area (Å²) in [5, 5.41) is 13.4. The van der Waals surface area contributed by atoms with Crippen molar-refractivity contribution in [3.63, 3.8) is 0 Å². The average molecular weight is 703 g/mol. The van der Waals surface area contributed by atoms with E-state index in [1.807, 2.05) is 13.8 Å². The zero-order chi connectivity index (χ0) is 35.6. The van der Waals surface area contributed by atoms with Gasteiger partial charge in [0.25, 0.3) is 15.9 Å². The van der Waals surface area contributed by atoms with E-state index in [0.717, 1.165) is 38.5 Å². The first kappa shape index (κ1) is 38.3. The quantitative estimate of drug-likeness (QED) is 0.321. The van der Waals surface area contributed by atoms with Crippen LogP contribution in [0.1, 0.15) is 82.5 Å². The Kier molecular flexibility index (Phi) is 14.0. The van der Waals surface area contributed by atoms with Gasteiger partial charge >= 0.3 is 6.03 Å². The molecule has 4 atom stereocenters. The molecule has 3 amide bonds. The van der Waals surface area contributed by atoms with E-state index in [-0.39, 0.29) is 59.5 Å². The summed E-state index contributed by atoms with van der Waals surface area (Å²) in [6.07, 6.45) is 7.14. The number of fused-ring (bicyclic) bond motifs is 1.